The number of alkyl halides is 4. The van der Waals surface area contributed by atoms with Crippen LogP contribution in [0.15, 0.2) is 0 Å². The van der Waals surface area contributed by atoms with Gasteiger partial charge >= 0.3 is 12.3 Å². The van der Waals surface area contributed by atoms with Crippen LogP contribution >= 0.6 is 0 Å². The third-order valence-corrected chi connectivity index (χ3v) is 3.16. The summed E-state index contributed by atoms with van der Waals surface area (Å²) in [4.78, 5) is 12.1. The maximum Gasteiger partial charge on any atom is 0.383 e. The Morgan fingerprint density at radius 3 is 2.59 bits per heavy atom. The number of piperidine rings is 1. The van der Waals surface area contributed by atoms with Gasteiger partial charge in [-0.15, -0.1) is 0 Å². The quantitative estimate of drug-likeness (QED) is 0.777. The van der Waals surface area contributed by atoms with E-state index in [0.717, 1.165) is 4.90 Å². The largest absolute Gasteiger partial charge is 0.383 e. The van der Waals surface area contributed by atoms with Crippen LogP contribution < -0.4 is 5.73 Å². The molecule has 2 unspecified atom stereocenters. The summed E-state index contributed by atoms with van der Waals surface area (Å²) in [5.74, 6) is -6.50. The first-order chi connectivity index (χ1) is 7.80. The molecular formula is C10H16F4N2O. The number of nitrogens with zero attached hydrogens (tertiary/aromatic N) is 1. The van der Waals surface area contributed by atoms with Crippen LogP contribution in [0.25, 0.3) is 0 Å². The standard InChI is InChI=1S/C10H16F4N2O/c1-2-6-5-16(4-3-7(6)15)9(17)10(13,14)8(11)12/h6-8H,2-5,15H2,1H3. The van der Waals surface area contributed by atoms with E-state index in [2.05, 4.69) is 0 Å². The number of carbonyl (C=O) groups is 1. The fraction of sp³-hybridized carbons (Fsp3) is 0.900. The Morgan fingerprint density at radius 2 is 2.12 bits per heavy atom. The van der Waals surface area contributed by atoms with Crippen LogP contribution in [0.2, 0.25) is 0 Å². The highest BCUT2D eigenvalue weighted by molar-refractivity contribution is 5.84. The van der Waals surface area contributed by atoms with Crippen LogP contribution in [0.1, 0.15) is 19.8 Å². The molecule has 0 radical (unpaired) electrons. The van der Waals surface area contributed by atoms with Crippen molar-refractivity contribution < 1.29 is 22.4 Å². The average Bonchev–Trinajstić information content (AvgIpc) is 2.28. The Bertz CT molecular complexity index is 285. The molecule has 0 aromatic carbocycles. The van der Waals surface area contributed by atoms with Crippen LogP contribution in [0.5, 0.6) is 0 Å². The molecule has 0 spiro atoms. The molecule has 2 atom stereocenters. The van der Waals surface area contributed by atoms with E-state index in [4.69, 9.17) is 5.73 Å². The molecule has 1 fully saturated rings. The van der Waals surface area contributed by atoms with Gasteiger partial charge in [-0.1, -0.05) is 13.3 Å². The zero-order chi connectivity index (χ0) is 13.2. The van der Waals surface area contributed by atoms with Gasteiger partial charge in [-0.3, -0.25) is 4.79 Å². The van der Waals surface area contributed by atoms with Gasteiger partial charge in [-0.05, 0) is 12.3 Å². The topological polar surface area (TPSA) is 46.3 Å². The van der Waals surface area contributed by atoms with Crippen LogP contribution in [0.4, 0.5) is 17.6 Å². The Balaban J connectivity index is 2.71. The molecule has 1 aliphatic rings. The van der Waals surface area contributed by atoms with Gasteiger partial charge in [0, 0.05) is 19.1 Å². The number of nitrogens with two attached hydrogens (primary N) is 1. The zero-order valence-corrected chi connectivity index (χ0v) is 9.51. The minimum Gasteiger partial charge on any atom is -0.337 e. The second-order valence-electron chi connectivity index (χ2n) is 4.30. The highest BCUT2D eigenvalue weighted by Gasteiger charge is 2.51. The minimum atomic E-state index is -4.60. The maximum atomic E-state index is 12.9. The minimum absolute atomic E-state index is 0.0127. The lowest BCUT2D eigenvalue weighted by atomic mass is 9.90. The number of carbonyl (C=O) groups excluding carboxylic acids is 1. The van der Waals surface area contributed by atoms with Crippen molar-refractivity contribution in [3.05, 3.63) is 0 Å². The van der Waals surface area contributed by atoms with Gasteiger partial charge in [0.15, 0.2) is 0 Å². The normalized spacial score (nSPS) is 26.4. The molecule has 7 heteroatoms. The third-order valence-electron chi connectivity index (χ3n) is 3.16. The molecule has 0 aromatic heterocycles. The van der Waals surface area contributed by atoms with E-state index in [1.54, 1.807) is 0 Å². The van der Waals surface area contributed by atoms with Gasteiger partial charge in [-0.2, -0.15) is 8.78 Å². The van der Waals surface area contributed by atoms with Crippen molar-refractivity contribution in [3.8, 4) is 0 Å². The van der Waals surface area contributed by atoms with Crippen molar-refractivity contribution in [2.45, 2.75) is 38.2 Å². The van der Waals surface area contributed by atoms with E-state index in [0.29, 0.717) is 12.8 Å². The molecule has 0 aromatic rings. The Morgan fingerprint density at radius 1 is 1.53 bits per heavy atom. The third kappa shape index (κ3) is 2.88. The molecule has 1 heterocycles. The lowest BCUT2D eigenvalue weighted by Crippen LogP contribution is -2.55. The van der Waals surface area contributed by atoms with Gasteiger partial charge in [0.1, 0.15) is 0 Å². The van der Waals surface area contributed by atoms with Crippen molar-refractivity contribution in [2.75, 3.05) is 13.1 Å². The van der Waals surface area contributed by atoms with Crippen molar-refractivity contribution in [3.63, 3.8) is 0 Å². The van der Waals surface area contributed by atoms with Crippen LogP contribution in [-0.4, -0.2) is 42.3 Å². The lowest BCUT2D eigenvalue weighted by molar-refractivity contribution is -0.182. The van der Waals surface area contributed by atoms with Crippen molar-refractivity contribution in [1.29, 1.82) is 0 Å². The van der Waals surface area contributed by atoms with E-state index in [9.17, 15) is 22.4 Å². The second-order valence-corrected chi connectivity index (χ2v) is 4.30. The highest BCUT2D eigenvalue weighted by atomic mass is 19.3. The lowest BCUT2D eigenvalue weighted by Gasteiger charge is -2.37. The van der Waals surface area contributed by atoms with Crippen molar-refractivity contribution in [2.24, 2.45) is 11.7 Å². The zero-order valence-electron chi connectivity index (χ0n) is 9.51. The van der Waals surface area contributed by atoms with Gasteiger partial charge in [0.05, 0.1) is 0 Å². The summed E-state index contributed by atoms with van der Waals surface area (Å²) in [7, 11) is 0. The molecule has 0 saturated carbocycles. The highest BCUT2D eigenvalue weighted by Crippen LogP contribution is 2.28. The predicted molar refractivity (Wildman–Crippen MR) is 53.9 cm³/mol. The summed E-state index contributed by atoms with van der Waals surface area (Å²) in [6.07, 6.45) is -2.97. The van der Waals surface area contributed by atoms with E-state index in [1.165, 1.54) is 0 Å². The Hall–Kier alpha value is -0.850. The number of amides is 1. The molecule has 100 valence electrons. The fourth-order valence-electron chi connectivity index (χ4n) is 1.97. The molecule has 1 amide bonds. The Kier molecular flexibility index (Phi) is 4.35. The summed E-state index contributed by atoms with van der Waals surface area (Å²) in [5, 5.41) is 0. The van der Waals surface area contributed by atoms with Gasteiger partial charge < -0.3 is 10.6 Å². The number of halogens is 4. The molecule has 1 saturated heterocycles. The van der Waals surface area contributed by atoms with Crippen LogP contribution in [0, 0.1) is 5.92 Å². The van der Waals surface area contributed by atoms with Gasteiger partial charge in [0.25, 0.3) is 5.91 Å². The molecule has 0 bridgehead atoms. The summed E-state index contributed by atoms with van der Waals surface area (Å²) < 4.78 is 49.9. The van der Waals surface area contributed by atoms with Crippen molar-refractivity contribution in [1.82, 2.24) is 4.90 Å². The molecule has 2 N–H and O–H groups in total. The predicted octanol–water partition coefficient (Wildman–Crippen LogP) is 1.47. The smallest absolute Gasteiger partial charge is 0.337 e. The van der Waals surface area contributed by atoms with Crippen LogP contribution in [-0.2, 0) is 4.79 Å². The molecule has 3 nitrogen and oxygen atoms in total. The first kappa shape index (κ1) is 14.2. The average molecular weight is 256 g/mol. The second kappa shape index (κ2) is 5.20. The Labute approximate surface area is 96.9 Å². The van der Waals surface area contributed by atoms with E-state index in [-0.39, 0.29) is 25.0 Å². The van der Waals surface area contributed by atoms with E-state index < -0.39 is 18.3 Å². The monoisotopic (exact) mass is 256 g/mol. The number of hydrogen-bond acceptors (Lipinski definition) is 2. The van der Waals surface area contributed by atoms with Gasteiger partial charge in [0.2, 0.25) is 0 Å². The summed E-state index contributed by atoms with van der Waals surface area (Å²) >= 11 is 0. The number of rotatable bonds is 3. The number of likely N-dealkylation sites (tertiary alicyclic amines) is 1. The van der Waals surface area contributed by atoms with Crippen LogP contribution in [0.3, 0.4) is 0 Å². The first-order valence-electron chi connectivity index (χ1n) is 5.51. The summed E-state index contributed by atoms with van der Waals surface area (Å²) in [6.45, 7) is 1.86. The number of hydrogen-bond donors (Lipinski definition) is 1. The van der Waals surface area contributed by atoms with E-state index in [1.807, 2.05) is 6.92 Å². The summed E-state index contributed by atoms with van der Waals surface area (Å²) in [6, 6.07) is -0.163. The first-order valence-corrected chi connectivity index (χ1v) is 5.51. The molecule has 1 aliphatic heterocycles. The molecular weight excluding hydrogens is 240 g/mol. The SMILES string of the molecule is CCC1CN(C(=O)C(F)(F)C(F)F)CCC1N. The maximum absolute atomic E-state index is 12.9. The molecule has 0 aliphatic carbocycles. The van der Waals surface area contributed by atoms with Gasteiger partial charge in [-0.25, -0.2) is 8.78 Å². The summed E-state index contributed by atoms with van der Waals surface area (Å²) in [5.41, 5.74) is 5.75. The molecule has 17 heavy (non-hydrogen) atoms. The molecule has 1 rings (SSSR count). The van der Waals surface area contributed by atoms with E-state index >= 15 is 0 Å². The fourth-order valence-corrected chi connectivity index (χ4v) is 1.97. The van der Waals surface area contributed by atoms with Crippen molar-refractivity contribution >= 4 is 5.91 Å².